The second-order valence-corrected chi connectivity index (χ2v) is 6.26. The SMILES string of the molecule is CCC1CCC(Nc2cc3c(cc2Br)OCCO3)C1. The molecular formula is C15H20BrNO2. The maximum atomic E-state index is 5.64. The van der Waals surface area contributed by atoms with Crippen molar-refractivity contribution < 1.29 is 9.47 Å². The number of anilines is 1. The molecule has 3 rings (SSSR count). The van der Waals surface area contributed by atoms with E-state index in [9.17, 15) is 0 Å². The number of hydrogen-bond acceptors (Lipinski definition) is 3. The Morgan fingerprint density at radius 2 is 1.95 bits per heavy atom. The Balaban J connectivity index is 1.74. The van der Waals surface area contributed by atoms with E-state index < -0.39 is 0 Å². The molecule has 0 radical (unpaired) electrons. The van der Waals surface area contributed by atoms with Gasteiger partial charge in [-0.25, -0.2) is 0 Å². The normalized spacial score (nSPS) is 25.4. The summed E-state index contributed by atoms with van der Waals surface area (Å²) in [6.45, 7) is 3.55. The molecule has 1 heterocycles. The number of rotatable bonds is 3. The molecule has 1 aromatic carbocycles. The lowest BCUT2D eigenvalue weighted by Crippen LogP contribution is -2.18. The van der Waals surface area contributed by atoms with Crippen molar-refractivity contribution in [2.24, 2.45) is 5.92 Å². The molecule has 2 atom stereocenters. The van der Waals surface area contributed by atoms with Crippen molar-refractivity contribution in [3.63, 3.8) is 0 Å². The van der Waals surface area contributed by atoms with Crippen molar-refractivity contribution in [2.45, 2.75) is 38.6 Å². The molecule has 2 unspecified atom stereocenters. The third-order valence-corrected chi connectivity index (χ3v) is 4.77. The number of benzene rings is 1. The van der Waals surface area contributed by atoms with Crippen LogP contribution in [-0.2, 0) is 0 Å². The highest BCUT2D eigenvalue weighted by atomic mass is 79.9. The molecule has 104 valence electrons. The van der Waals surface area contributed by atoms with E-state index in [1.165, 1.54) is 25.7 Å². The standard InChI is InChI=1S/C15H20BrNO2/c1-2-10-3-4-11(7-10)17-13-9-15-14(8-12(13)16)18-5-6-19-15/h8-11,17H,2-7H2,1H3. The summed E-state index contributed by atoms with van der Waals surface area (Å²) in [6.07, 6.45) is 5.17. The van der Waals surface area contributed by atoms with Crippen LogP contribution in [0.4, 0.5) is 5.69 Å². The maximum absolute atomic E-state index is 5.64. The largest absolute Gasteiger partial charge is 0.486 e. The molecule has 1 N–H and O–H groups in total. The monoisotopic (exact) mass is 325 g/mol. The average Bonchev–Trinajstić information content (AvgIpc) is 2.87. The topological polar surface area (TPSA) is 30.5 Å². The minimum atomic E-state index is 0.587. The minimum absolute atomic E-state index is 0.587. The van der Waals surface area contributed by atoms with Gasteiger partial charge in [-0.15, -0.1) is 0 Å². The Morgan fingerprint density at radius 3 is 2.63 bits per heavy atom. The molecule has 3 nitrogen and oxygen atoms in total. The van der Waals surface area contributed by atoms with Gasteiger partial charge >= 0.3 is 0 Å². The zero-order valence-corrected chi connectivity index (χ0v) is 12.8. The van der Waals surface area contributed by atoms with Gasteiger partial charge in [0.1, 0.15) is 13.2 Å². The molecule has 1 aliphatic heterocycles. The van der Waals surface area contributed by atoms with E-state index in [2.05, 4.69) is 34.2 Å². The fourth-order valence-electron chi connectivity index (χ4n) is 2.97. The molecule has 0 spiro atoms. The number of fused-ring (bicyclic) bond motifs is 1. The van der Waals surface area contributed by atoms with E-state index in [-0.39, 0.29) is 0 Å². The first-order valence-electron chi connectivity index (χ1n) is 7.12. The highest BCUT2D eigenvalue weighted by Gasteiger charge is 2.24. The fraction of sp³-hybridized carbons (Fsp3) is 0.600. The van der Waals surface area contributed by atoms with Gasteiger partial charge in [0.05, 0.1) is 5.69 Å². The van der Waals surface area contributed by atoms with Gasteiger partial charge in [-0.05, 0) is 41.1 Å². The maximum Gasteiger partial charge on any atom is 0.163 e. The number of ether oxygens (including phenoxy) is 2. The molecule has 0 bridgehead atoms. The molecule has 4 heteroatoms. The van der Waals surface area contributed by atoms with Gasteiger partial charge in [0.25, 0.3) is 0 Å². The van der Waals surface area contributed by atoms with Crippen LogP contribution < -0.4 is 14.8 Å². The summed E-state index contributed by atoms with van der Waals surface area (Å²) in [6, 6.07) is 4.64. The lowest BCUT2D eigenvalue weighted by atomic mass is 10.1. The Bertz CT molecular complexity index is 464. The van der Waals surface area contributed by atoms with E-state index in [4.69, 9.17) is 9.47 Å². The Kier molecular flexibility index (Phi) is 3.87. The summed E-state index contributed by atoms with van der Waals surface area (Å²) in [5.41, 5.74) is 1.12. The summed E-state index contributed by atoms with van der Waals surface area (Å²) in [7, 11) is 0. The quantitative estimate of drug-likeness (QED) is 0.902. The predicted molar refractivity (Wildman–Crippen MR) is 80.2 cm³/mol. The molecule has 0 aromatic heterocycles. The number of nitrogens with one attached hydrogen (secondary N) is 1. The van der Waals surface area contributed by atoms with Crippen molar-refractivity contribution in [3.8, 4) is 11.5 Å². The van der Waals surface area contributed by atoms with Crippen LogP contribution >= 0.6 is 15.9 Å². The van der Waals surface area contributed by atoms with Crippen LogP contribution in [-0.4, -0.2) is 19.3 Å². The van der Waals surface area contributed by atoms with Crippen molar-refractivity contribution in [3.05, 3.63) is 16.6 Å². The average molecular weight is 326 g/mol. The van der Waals surface area contributed by atoms with Crippen LogP contribution in [0.1, 0.15) is 32.6 Å². The molecule has 1 saturated carbocycles. The van der Waals surface area contributed by atoms with Gasteiger partial charge in [-0.1, -0.05) is 13.3 Å². The van der Waals surface area contributed by atoms with Crippen molar-refractivity contribution in [1.29, 1.82) is 0 Å². The van der Waals surface area contributed by atoms with Gasteiger partial charge in [0.15, 0.2) is 11.5 Å². The highest BCUT2D eigenvalue weighted by molar-refractivity contribution is 9.10. The molecule has 1 aliphatic carbocycles. The first-order chi connectivity index (χ1) is 9.26. The van der Waals surface area contributed by atoms with Gasteiger partial charge in [-0.2, -0.15) is 0 Å². The summed E-state index contributed by atoms with van der Waals surface area (Å²) < 4.78 is 12.3. The molecule has 2 aliphatic rings. The fourth-order valence-corrected chi connectivity index (χ4v) is 3.41. The molecule has 1 fully saturated rings. The predicted octanol–water partition coefficient (Wildman–Crippen LogP) is 4.21. The van der Waals surface area contributed by atoms with Gasteiger partial charge in [-0.3, -0.25) is 0 Å². The number of hydrogen-bond donors (Lipinski definition) is 1. The molecule has 19 heavy (non-hydrogen) atoms. The third-order valence-electron chi connectivity index (χ3n) is 4.11. The van der Waals surface area contributed by atoms with E-state index >= 15 is 0 Å². The van der Waals surface area contributed by atoms with Gasteiger partial charge in [0, 0.05) is 22.6 Å². The molecular weight excluding hydrogens is 306 g/mol. The van der Waals surface area contributed by atoms with E-state index in [0.717, 1.165) is 27.6 Å². The molecule has 0 saturated heterocycles. The smallest absolute Gasteiger partial charge is 0.163 e. The van der Waals surface area contributed by atoms with Crippen LogP contribution in [0.5, 0.6) is 11.5 Å². The summed E-state index contributed by atoms with van der Waals surface area (Å²) >= 11 is 3.62. The van der Waals surface area contributed by atoms with Crippen LogP contribution in [0, 0.1) is 5.92 Å². The summed E-state index contributed by atoms with van der Waals surface area (Å²) in [4.78, 5) is 0. The molecule has 1 aromatic rings. The van der Waals surface area contributed by atoms with E-state index in [0.29, 0.717) is 19.3 Å². The van der Waals surface area contributed by atoms with Crippen LogP contribution in [0.25, 0.3) is 0 Å². The first-order valence-corrected chi connectivity index (χ1v) is 7.91. The second kappa shape index (κ2) is 5.61. The van der Waals surface area contributed by atoms with Gasteiger partial charge in [0.2, 0.25) is 0 Å². The Hall–Kier alpha value is -0.900. The zero-order valence-electron chi connectivity index (χ0n) is 11.2. The lowest BCUT2D eigenvalue weighted by Gasteiger charge is -2.22. The second-order valence-electron chi connectivity index (χ2n) is 5.40. The third kappa shape index (κ3) is 2.83. The van der Waals surface area contributed by atoms with Crippen molar-refractivity contribution in [1.82, 2.24) is 0 Å². The van der Waals surface area contributed by atoms with Crippen molar-refractivity contribution in [2.75, 3.05) is 18.5 Å². The Morgan fingerprint density at radius 1 is 1.21 bits per heavy atom. The minimum Gasteiger partial charge on any atom is -0.486 e. The highest BCUT2D eigenvalue weighted by Crippen LogP contribution is 2.39. The van der Waals surface area contributed by atoms with Crippen LogP contribution in [0.2, 0.25) is 0 Å². The van der Waals surface area contributed by atoms with Crippen LogP contribution in [0.3, 0.4) is 0 Å². The van der Waals surface area contributed by atoms with E-state index in [1.54, 1.807) is 0 Å². The number of halogens is 1. The van der Waals surface area contributed by atoms with Crippen LogP contribution in [0.15, 0.2) is 16.6 Å². The van der Waals surface area contributed by atoms with Crippen molar-refractivity contribution >= 4 is 21.6 Å². The Labute approximate surface area is 122 Å². The first kappa shape index (κ1) is 13.1. The van der Waals surface area contributed by atoms with Gasteiger partial charge < -0.3 is 14.8 Å². The lowest BCUT2D eigenvalue weighted by molar-refractivity contribution is 0.171. The zero-order chi connectivity index (χ0) is 13.2. The summed E-state index contributed by atoms with van der Waals surface area (Å²) in [5, 5.41) is 3.64. The van der Waals surface area contributed by atoms with E-state index in [1.807, 2.05) is 6.07 Å². The molecule has 0 amide bonds. The summed E-state index contributed by atoms with van der Waals surface area (Å²) in [5.74, 6) is 2.57.